The summed E-state index contributed by atoms with van der Waals surface area (Å²) in [6.45, 7) is 6.21. The van der Waals surface area contributed by atoms with E-state index in [-0.39, 0.29) is 39.6 Å². The second kappa shape index (κ2) is 10.2. The van der Waals surface area contributed by atoms with Crippen molar-refractivity contribution in [3.05, 3.63) is 94.3 Å². The van der Waals surface area contributed by atoms with Crippen LogP contribution >= 0.6 is 0 Å². The largest absolute Gasteiger partial charge is 0.426 e. The van der Waals surface area contributed by atoms with Gasteiger partial charge in [-0.2, -0.15) is 17.9 Å². The van der Waals surface area contributed by atoms with E-state index in [2.05, 4.69) is 10.3 Å². The number of aromatic nitrogens is 2. The number of nitrogens with one attached hydrogen (secondary N) is 1. The van der Waals surface area contributed by atoms with Gasteiger partial charge in [0.05, 0.1) is 11.3 Å². The molecule has 0 unspecified atom stereocenters. The summed E-state index contributed by atoms with van der Waals surface area (Å²) >= 11 is 0. The molecule has 0 saturated carbocycles. The highest BCUT2D eigenvalue weighted by Gasteiger charge is 2.35. The smallest absolute Gasteiger partial charge is 0.417 e. The van der Waals surface area contributed by atoms with Gasteiger partial charge in [-0.15, -0.1) is 0 Å². The number of benzene rings is 3. The molecule has 2 N–H and O–H groups in total. The van der Waals surface area contributed by atoms with Crippen LogP contribution in [0.1, 0.15) is 51.8 Å². The molecule has 0 fully saturated rings. The highest BCUT2D eigenvalue weighted by Crippen LogP contribution is 2.41. The second-order valence-corrected chi connectivity index (χ2v) is 9.30. The number of nitrogens with zero attached hydrogens (tertiary/aromatic N) is 2. The topological polar surface area (TPSA) is 67.2 Å². The maximum absolute atomic E-state index is 14.1. The summed E-state index contributed by atoms with van der Waals surface area (Å²) in [5, 5.41) is 13.4. The number of hydrogen-bond donors (Lipinski definition) is 2. The maximum atomic E-state index is 14.1. The zero-order valence-electron chi connectivity index (χ0n) is 21.6. The van der Waals surface area contributed by atoms with Gasteiger partial charge in [-0.1, -0.05) is 43.3 Å². The number of halogens is 5. The first-order valence-corrected chi connectivity index (χ1v) is 12.1. The third kappa shape index (κ3) is 5.36. The molecule has 0 radical (unpaired) electrons. The Balaban J connectivity index is 1.76. The Bertz CT molecular complexity index is 1540. The van der Waals surface area contributed by atoms with Crippen LogP contribution in [0, 0.1) is 20.8 Å². The number of alkyl halides is 5. The van der Waals surface area contributed by atoms with Gasteiger partial charge in [0.1, 0.15) is 0 Å². The van der Waals surface area contributed by atoms with Gasteiger partial charge >= 0.3 is 6.18 Å². The number of rotatable bonds is 6. The molecular weight excluding hydrogens is 517 g/mol. The Kier molecular flexibility index (Phi) is 7.25. The van der Waals surface area contributed by atoms with Gasteiger partial charge in [-0.25, -0.2) is 13.8 Å². The standard InChI is InChI=1S/C29H26F5N3O2/c1-5-28(30,31)20-10-7-11-21(15-20)36-27(38)25-18(4)35-26(37(25)39)19-12-13-23(29(32,33)34)22(14-19)24-16(2)8-6-9-17(24)3/h6-15,39H,5H2,1-4H3,(H,36,38). The first-order valence-electron chi connectivity index (χ1n) is 12.1. The fourth-order valence-electron chi connectivity index (χ4n) is 4.56. The molecule has 1 amide bonds. The van der Waals surface area contributed by atoms with E-state index in [0.29, 0.717) is 21.4 Å². The van der Waals surface area contributed by atoms with Gasteiger partial charge in [-0.05, 0) is 67.3 Å². The molecule has 0 aliphatic carbocycles. The molecule has 1 heterocycles. The van der Waals surface area contributed by atoms with Gasteiger partial charge in [0, 0.05) is 23.2 Å². The Morgan fingerprint density at radius 1 is 0.949 bits per heavy atom. The van der Waals surface area contributed by atoms with Crippen LogP contribution in [0.15, 0.2) is 60.7 Å². The fourth-order valence-corrected chi connectivity index (χ4v) is 4.56. The van der Waals surface area contributed by atoms with E-state index < -0.39 is 30.0 Å². The first kappa shape index (κ1) is 27.8. The summed E-state index contributed by atoms with van der Waals surface area (Å²) in [5.41, 5.74) is 0.500. The zero-order valence-corrected chi connectivity index (χ0v) is 21.6. The van der Waals surface area contributed by atoms with Crippen molar-refractivity contribution in [2.45, 2.75) is 46.2 Å². The Morgan fingerprint density at radius 3 is 2.21 bits per heavy atom. The average molecular weight is 544 g/mol. The molecule has 10 heteroatoms. The van der Waals surface area contributed by atoms with E-state index >= 15 is 0 Å². The molecule has 1 aromatic heterocycles. The van der Waals surface area contributed by atoms with Crippen LogP contribution in [0.2, 0.25) is 0 Å². The first-order chi connectivity index (χ1) is 18.2. The predicted molar refractivity (Wildman–Crippen MR) is 138 cm³/mol. The quantitative estimate of drug-likeness (QED) is 0.191. The normalized spacial score (nSPS) is 12.0. The van der Waals surface area contributed by atoms with Crippen LogP contribution < -0.4 is 5.32 Å². The molecule has 0 atom stereocenters. The van der Waals surface area contributed by atoms with Gasteiger partial charge in [0.15, 0.2) is 11.5 Å². The van der Waals surface area contributed by atoms with E-state index in [0.717, 1.165) is 12.1 Å². The minimum atomic E-state index is -4.64. The number of hydrogen-bond acceptors (Lipinski definition) is 3. The van der Waals surface area contributed by atoms with Crippen molar-refractivity contribution in [3.63, 3.8) is 0 Å². The van der Waals surface area contributed by atoms with E-state index in [4.69, 9.17) is 0 Å². The van der Waals surface area contributed by atoms with Crippen molar-refractivity contribution in [3.8, 4) is 22.5 Å². The molecule has 3 aromatic carbocycles. The predicted octanol–water partition coefficient (Wildman–Crippen LogP) is 8.15. The number of carbonyl (C=O) groups is 1. The molecule has 39 heavy (non-hydrogen) atoms. The molecule has 4 aromatic rings. The fraction of sp³-hybridized carbons (Fsp3) is 0.241. The molecule has 5 nitrogen and oxygen atoms in total. The summed E-state index contributed by atoms with van der Waals surface area (Å²) in [7, 11) is 0. The average Bonchev–Trinajstić information content (AvgIpc) is 3.17. The minimum absolute atomic E-state index is 0.0830. The summed E-state index contributed by atoms with van der Waals surface area (Å²) in [5.74, 6) is -4.06. The highest BCUT2D eigenvalue weighted by molar-refractivity contribution is 6.04. The van der Waals surface area contributed by atoms with Gasteiger partial charge in [0.2, 0.25) is 0 Å². The van der Waals surface area contributed by atoms with Gasteiger partial charge in [0.25, 0.3) is 11.8 Å². The molecule has 0 aliphatic rings. The molecule has 0 bridgehead atoms. The number of carbonyl (C=O) groups excluding carboxylic acids is 1. The third-order valence-electron chi connectivity index (χ3n) is 6.56. The summed E-state index contributed by atoms with van der Waals surface area (Å²) in [4.78, 5) is 17.3. The zero-order chi connectivity index (χ0) is 28.7. The minimum Gasteiger partial charge on any atom is -0.426 e. The number of aryl methyl sites for hydroxylation is 3. The van der Waals surface area contributed by atoms with Gasteiger partial charge in [-0.3, -0.25) is 4.79 Å². The van der Waals surface area contributed by atoms with Crippen molar-refractivity contribution in [2.24, 2.45) is 0 Å². The van der Waals surface area contributed by atoms with Crippen LogP contribution in [0.4, 0.5) is 27.6 Å². The molecule has 0 aliphatic heterocycles. The Labute approximate surface area is 221 Å². The van der Waals surface area contributed by atoms with Gasteiger partial charge < -0.3 is 10.5 Å². The lowest BCUT2D eigenvalue weighted by Gasteiger charge is -2.18. The van der Waals surface area contributed by atoms with Crippen LogP contribution in [0.3, 0.4) is 0 Å². The van der Waals surface area contributed by atoms with Crippen LogP contribution in [-0.2, 0) is 12.1 Å². The number of imidazole rings is 1. The van der Waals surface area contributed by atoms with E-state index in [1.807, 2.05) is 0 Å². The lowest BCUT2D eigenvalue weighted by Crippen LogP contribution is -2.18. The number of amides is 1. The van der Waals surface area contributed by atoms with E-state index in [1.54, 1.807) is 32.0 Å². The highest BCUT2D eigenvalue weighted by atomic mass is 19.4. The summed E-state index contributed by atoms with van der Waals surface area (Å²) in [6, 6.07) is 13.7. The monoisotopic (exact) mass is 543 g/mol. The van der Waals surface area contributed by atoms with Crippen LogP contribution in [0.25, 0.3) is 22.5 Å². The maximum Gasteiger partial charge on any atom is 0.417 e. The van der Waals surface area contributed by atoms with E-state index in [1.165, 1.54) is 44.2 Å². The lowest BCUT2D eigenvalue weighted by atomic mass is 9.90. The Morgan fingerprint density at radius 2 is 1.59 bits per heavy atom. The molecule has 0 saturated heterocycles. The molecule has 0 spiro atoms. The van der Waals surface area contributed by atoms with Crippen molar-refractivity contribution < 1.29 is 32.0 Å². The Hall–Kier alpha value is -4.21. The number of anilines is 1. The molecular formula is C29H26F5N3O2. The summed E-state index contributed by atoms with van der Waals surface area (Å²) in [6.07, 6.45) is -5.06. The third-order valence-corrected chi connectivity index (χ3v) is 6.56. The van der Waals surface area contributed by atoms with Crippen LogP contribution in [0.5, 0.6) is 0 Å². The molecule has 204 valence electrons. The van der Waals surface area contributed by atoms with Crippen molar-refractivity contribution in [1.82, 2.24) is 9.71 Å². The van der Waals surface area contributed by atoms with Crippen molar-refractivity contribution >= 4 is 11.6 Å². The van der Waals surface area contributed by atoms with Crippen molar-refractivity contribution in [1.29, 1.82) is 0 Å². The van der Waals surface area contributed by atoms with Crippen LogP contribution in [-0.4, -0.2) is 20.8 Å². The SMILES string of the molecule is CCC(F)(F)c1cccc(NC(=O)c2c(C)nc(-c3ccc(C(F)(F)F)c(-c4c(C)cccc4C)c3)n2O)c1. The van der Waals surface area contributed by atoms with Crippen molar-refractivity contribution in [2.75, 3.05) is 5.32 Å². The summed E-state index contributed by atoms with van der Waals surface area (Å²) < 4.78 is 70.6. The lowest BCUT2D eigenvalue weighted by molar-refractivity contribution is -0.137. The van der Waals surface area contributed by atoms with E-state index in [9.17, 15) is 32.0 Å². The second-order valence-electron chi connectivity index (χ2n) is 9.30. The molecule has 4 rings (SSSR count).